The third-order valence-electron chi connectivity index (χ3n) is 1.31. The number of carbonyl (C=O) groups is 1. The predicted octanol–water partition coefficient (Wildman–Crippen LogP) is 1.17. The maximum Gasteiger partial charge on any atom is 0.314 e. The monoisotopic (exact) mass is 232 g/mol. The second-order valence-corrected chi connectivity index (χ2v) is 3.93. The molecular weight excluding hydrogens is 220 g/mol. The van der Waals surface area contributed by atoms with Crippen LogP contribution in [0.2, 0.25) is 0 Å². The fourth-order valence-electron chi connectivity index (χ4n) is 0.716. The van der Waals surface area contributed by atoms with Crippen molar-refractivity contribution in [3.05, 3.63) is 5.89 Å². The number of nitrogens with zero attached hydrogens (tertiary/aromatic N) is 2. The van der Waals surface area contributed by atoms with E-state index in [-0.39, 0.29) is 23.7 Å². The Balaban J connectivity index is 2.38. The molecule has 1 heterocycles. The molecular formula is C8H12N2O4S. The lowest BCUT2D eigenvalue weighted by atomic mass is 10.5. The number of hydrogen-bond acceptors (Lipinski definition) is 6. The lowest BCUT2D eigenvalue weighted by Crippen LogP contribution is -2.02. The molecule has 6 nitrogen and oxygen atoms in total. The van der Waals surface area contributed by atoms with Crippen molar-refractivity contribution in [1.82, 2.24) is 10.2 Å². The molecule has 0 aliphatic rings. The van der Waals surface area contributed by atoms with E-state index >= 15 is 0 Å². The van der Waals surface area contributed by atoms with Gasteiger partial charge < -0.3 is 14.3 Å². The predicted molar refractivity (Wildman–Crippen MR) is 52.6 cm³/mol. The van der Waals surface area contributed by atoms with Crippen molar-refractivity contribution in [2.45, 2.75) is 31.8 Å². The van der Waals surface area contributed by atoms with Gasteiger partial charge in [-0.3, -0.25) is 4.79 Å². The Morgan fingerprint density at radius 3 is 2.93 bits per heavy atom. The van der Waals surface area contributed by atoms with Gasteiger partial charge in [-0.05, 0) is 13.8 Å². The number of rotatable bonds is 6. The zero-order valence-corrected chi connectivity index (χ0v) is 9.28. The molecule has 7 heteroatoms. The van der Waals surface area contributed by atoms with Gasteiger partial charge in [-0.2, -0.15) is 0 Å². The summed E-state index contributed by atoms with van der Waals surface area (Å²) in [6.45, 7) is 4.05. The molecule has 0 aromatic carbocycles. The highest BCUT2D eigenvalue weighted by molar-refractivity contribution is 7.99. The minimum Gasteiger partial charge on any atom is -0.481 e. The molecule has 1 rings (SSSR count). The molecule has 0 spiro atoms. The first-order chi connectivity index (χ1) is 7.08. The number of hydrogen-bond donors (Lipinski definition) is 1. The van der Waals surface area contributed by atoms with Crippen LogP contribution in [0.1, 0.15) is 19.7 Å². The van der Waals surface area contributed by atoms with Gasteiger partial charge in [-0.1, -0.05) is 11.8 Å². The summed E-state index contributed by atoms with van der Waals surface area (Å²) < 4.78 is 10.4. The van der Waals surface area contributed by atoms with Gasteiger partial charge in [0.1, 0.15) is 12.4 Å². The largest absolute Gasteiger partial charge is 0.481 e. The fraction of sp³-hybridized carbons (Fsp3) is 0.625. The number of carboxylic acids is 1. The van der Waals surface area contributed by atoms with Crippen LogP contribution in [0.15, 0.2) is 9.64 Å². The van der Waals surface area contributed by atoms with Crippen LogP contribution in [0.5, 0.6) is 0 Å². The summed E-state index contributed by atoms with van der Waals surface area (Å²) >= 11 is 0.988. The molecule has 1 aromatic rings. The minimum atomic E-state index is -0.918. The van der Waals surface area contributed by atoms with E-state index < -0.39 is 5.97 Å². The van der Waals surface area contributed by atoms with Crippen LogP contribution in [0.25, 0.3) is 0 Å². The van der Waals surface area contributed by atoms with Gasteiger partial charge in [0, 0.05) is 0 Å². The summed E-state index contributed by atoms with van der Waals surface area (Å²) in [6, 6.07) is 0. The highest BCUT2D eigenvalue weighted by Gasteiger charge is 2.09. The Kier molecular flexibility index (Phi) is 4.57. The van der Waals surface area contributed by atoms with E-state index in [0.29, 0.717) is 5.89 Å². The molecule has 1 N–H and O–H groups in total. The Morgan fingerprint density at radius 2 is 2.33 bits per heavy atom. The van der Waals surface area contributed by atoms with Crippen molar-refractivity contribution >= 4 is 17.7 Å². The summed E-state index contributed by atoms with van der Waals surface area (Å²) in [4.78, 5) is 10.3. The van der Waals surface area contributed by atoms with Crippen LogP contribution in [-0.2, 0) is 16.1 Å². The van der Waals surface area contributed by atoms with Crippen molar-refractivity contribution in [3.8, 4) is 0 Å². The van der Waals surface area contributed by atoms with Crippen molar-refractivity contribution < 1.29 is 19.1 Å². The standard InChI is InChI=1S/C8H12N2O4S/c1-5(2)13-3-6-9-10-8(14-6)15-4-7(11)12/h5H,3-4H2,1-2H3,(H,11,12). The van der Waals surface area contributed by atoms with E-state index in [1.165, 1.54) is 0 Å². The second-order valence-electron chi connectivity index (χ2n) is 3.00. The Bertz CT molecular complexity index is 326. The van der Waals surface area contributed by atoms with Crippen LogP contribution in [-0.4, -0.2) is 33.1 Å². The first-order valence-corrected chi connectivity index (χ1v) is 5.35. The zero-order chi connectivity index (χ0) is 11.3. The first kappa shape index (κ1) is 12.0. The van der Waals surface area contributed by atoms with E-state index in [9.17, 15) is 4.79 Å². The van der Waals surface area contributed by atoms with Crippen LogP contribution >= 0.6 is 11.8 Å². The summed E-state index contributed by atoms with van der Waals surface area (Å²) in [5.74, 6) is -0.651. The van der Waals surface area contributed by atoms with Gasteiger partial charge in [0.2, 0.25) is 5.89 Å². The topological polar surface area (TPSA) is 85.5 Å². The molecule has 0 fully saturated rings. The van der Waals surface area contributed by atoms with Crippen LogP contribution in [0.3, 0.4) is 0 Å². The van der Waals surface area contributed by atoms with Gasteiger partial charge in [0.15, 0.2) is 0 Å². The van der Waals surface area contributed by atoms with E-state index in [1.54, 1.807) is 0 Å². The minimum absolute atomic E-state index is 0.0898. The molecule has 0 aliphatic carbocycles. The van der Waals surface area contributed by atoms with E-state index in [1.807, 2.05) is 13.8 Å². The Hall–Kier alpha value is -1.08. The van der Waals surface area contributed by atoms with Crippen molar-refractivity contribution in [2.24, 2.45) is 0 Å². The smallest absolute Gasteiger partial charge is 0.314 e. The van der Waals surface area contributed by atoms with Crippen molar-refractivity contribution in [3.63, 3.8) is 0 Å². The number of carboxylic acid groups (broad SMARTS) is 1. The Morgan fingerprint density at radius 1 is 1.60 bits per heavy atom. The highest BCUT2D eigenvalue weighted by atomic mass is 32.2. The number of aromatic nitrogens is 2. The van der Waals surface area contributed by atoms with Gasteiger partial charge in [0.05, 0.1) is 6.10 Å². The lowest BCUT2D eigenvalue weighted by molar-refractivity contribution is -0.133. The molecule has 0 unspecified atom stereocenters. The maximum atomic E-state index is 10.3. The molecule has 0 radical (unpaired) electrons. The van der Waals surface area contributed by atoms with Crippen molar-refractivity contribution in [2.75, 3.05) is 5.75 Å². The SMILES string of the molecule is CC(C)OCc1nnc(SCC(=O)O)o1. The molecule has 15 heavy (non-hydrogen) atoms. The van der Waals surface area contributed by atoms with Gasteiger partial charge in [-0.25, -0.2) is 0 Å². The zero-order valence-electron chi connectivity index (χ0n) is 8.47. The molecule has 0 aliphatic heterocycles. The van der Waals surface area contributed by atoms with Crippen LogP contribution < -0.4 is 0 Å². The molecule has 0 saturated carbocycles. The normalized spacial score (nSPS) is 10.9. The second kappa shape index (κ2) is 5.72. The van der Waals surface area contributed by atoms with E-state index in [0.717, 1.165) is 11.8 Å². The molecule has 0 amide bonds. The van der Waals surface area contributed by atoms with Crippen molar-refractivity contribution in [1.29, 1.82) is 0 Å². The highest BCUT2D eigenvalue weighted by Crippen LogP contribution is 2.16. The van der Waals surface area contributed by atoms with E-state index in [2.05, 4.69) is 10.2 Å². The molecule has 1 aromatic heterocycles. The molecule has 84 valence electrons. The first-order valence-electron chi connectivity index (χ1n) is 4.36. The molecule has 0 bridgehead atoms. The average Bonchev–Trinajstić information content (AvgIpc) is 2.59. The molecule has 0 saturated heterocycles. The van der Waals surface area contributed by atoms with Gasteiger partial charge in [0.25, 0.3) is 5.22 Å². The average molecular weight is 232 g/mol. The summed E-state index contributed by atoms with van der Waals surface area (Å²) in [6.07, 6.45) is 0.0898. The van der Waals surface area contributed by atoms with Gasteiger partial charge >= 0.3 is 5.97 Å². The number of ether oxygens (including phenoxy) is 1. The maximum absolute atomic E-state index is 10.3. The third-order valence-corrected chi connectivity index (χ3v) is 2.11. The molecule has 0 atom stereocenters. The summed E-state index contributed by atoms with van der Waals surface area (Å²) in [5, 5.41) is 16.1. The summed E-state index contributed by atoms with van der Waals surface area (Å²) in [7, 11) is 0. The summed E-state index contributed by atoms with van der Waals surface area (Å²) in [5.41, 5.74) is 0. The van der Waals surface area contributed by atoms with Crippen LogP contribution in [0, 0.1) is 0 Å². The van der Waals surface area contributed by atoms with Gasteiger partial charge in [-0.15, -0.1) is 10.2 Å². The van der Waals surface area contributed by atoms with Crippen LogP contribution in [0.4, 0.5) is 0 Å². The quantitative estimate of drug-likeness (QED) is 0.737. The fourth-order valence-corrected chi connectivity index (χ4v) is 1.22. The number of thioether (sulfide) groups is 1. The van der Waals surface area contributed by atoms with E-state index in [4.69, 9.17) is 14.3 Å². The third kappa shape index (κ3) is 4.80. The Labute approximate surface area is 91.0 Å². The number of aliphatic carboxylic acids is 1. The lowest BCUT2D eigenvalue weighted by Gasteiger charge is -2.02.